The van der Waals surface area contributed by atoms with Crippen molar-refractivity contribution >= 4 is 17.2 Å². The largest absolute Gasteiger partial charge is 0.481 e. The number of imidazole rings is 1. The summed E-state index contributed by atoms with van der Waals surface area (Å²) in [4.78, 5) is 50.0. The maximum atomic E-state index is 12.7. The van der Waals surface area contributed by atoms with E-state index in [4.69, 9.17) is 4.74 Å². The molecule has 0 bridgehead atoms. The van der Waals surface area contributed by atoms with Crippen molar-refractivity contribution in [3.05, 3.63) is 58.7 Å². The average molecular weight is 423 g/mol. The summed E-state index contributed by atoms with van der Waals surface area (Å²) >= 11 is 0. The number of H-pyrrole nitrogens is 1. The number of likely N-dealkylation sites (tertiary alicyclic amines) is 1. The lowest BCUT2D eigenvalue weighted by atomic mass is 9.89. The van der Waals surface area contributed by atoms with Crippen LogP contribution in [0, 0.1) is 5.92 Å². The zero-order valence-corrected chi connectivity index (χ0v) is 17.4. The number of nitrogens with one attached hydrogen (secondary N) is 1. The van der Waals surface area contributed by atoms with Gasteiger partial charge in [-0.2, -0.15) is 0 Å². The Morgan fingerprint density at radius 3 is 2.74 bits per heavy atom. The highest BCUT2D eigenvalue weighted by Gasteiger charge is 2.28. The molecule has 3 aromatic rings. The van der Waals surface area contributed by atoms with Crippen LogP contribution in [0.15, 0.2) is 41.8 Å². The normalized spacial score (nSPS) is 14.7. The fraction of sp³-hybridized carbons (Fsp3) is 0.409. The number of aromatic amines is 1. The van der Waals surface area contributed by atoms with Crippen molar-refractivity contribution in [2.45, 2.75) is 32.1 Å². The van der Waals surface area contributed by atoms with Crippen LogP contribution in [-0.4, -0.2) is 56.1 Å². The molecular weight excluding hydrogens is 398 g/mol. The van der Waals surface area contributed by atoms with E-state index in [2.05, 4.69) is 15.0 Å². The predicted molar refractivity (Wildman–Crippen MR) is 113 cm³/mol. The number of hydrogen-bond donors (Lipinski definition) is 1. The van der Waals surface area contributed by atoms with Crippen LogP contribution in [0.5, 0.6) is 5.88 Å². The minimum absolute atomic E-state index is 0.0705. The number of piperidine rings is 1. The Bertz CT molecular complexity index is 1130. The Labute approximate surface area is 179 Å². The molecule has 4 heterocycles. The molecule has 1 amide bonds. The van der Waals surface area contributed by atoms with Crippen LogP contribution >= 0.6 is 0 Å². The number of hydrogen-bond acceptors (Lipinski definition) is 6. The first-order valence-corrected chi connectivity index (χ1v) is 10.4. The van der Waals surface area contributed by atoms with Gasteiger partial charge in [0.1, 0.15) is 5.52 Å². The molecule has 0 atom stereocenters. The van der Waals surface area contributed by atoms with Crippen LogP contribution in [0.25, 0.3) is 5.52 Å². The SMILES string of the molecule is COc1ccc(C(=O)C2CCN(C(=O)CCCc3cn4cncc4c(=O)[nH]3)CC2)cn1. The Balaban J connectivity index is 1.25. The summed E-state index contributed by atoms with van der Waals surface area (Å²) in [6, 6.07) is 3.42. The third kappa shape index (κ3) is 4.65. The first-order valence-electron chi connectivity index (χ1n) is 10.4. The summed E-state index contributed by atoms with van der Waals surface area (Å²) in [5.74, 6) is 0.543. The highest BCUT2D eigenvalue weighted by molar-refractivity contribution is 5.97. The summed E-state index contributed by atoms with van der Waals surface area (Å²) in [6.07, 6.45) is 9.45. The number of aromatic nitrogens is 4. The maximum absolute atomic E-state index is 12.7. The third-order valence-corrected chi connectivity index (χ3v) is 5.75. The van der Waals surface area contributed by atoms with Crippen molar-refractivity contribution in [2.75, 3.05) is 20.2 Å². The fourth-order valence-corrected chi connectivity index (χ4v) is 3.98. The molecule has 1 N–H and O–H groups in total. The Morgan fingerprint density at radius 2 is 2.03 bits per heavy atom. The number of fused-ring (bicyclic) bond motifs is 1. The van der Waals surface area contributed by atoms with Gasteiger partial charge in [0.05, 0.1) is 19.6 Å². The van der Waals surface area contributed by atoms with Gasteiger partial charge in [0.15, 0.2) is 5.78 Å². The van der Waals surface area contributed by atoms with Crippen molar-refractivity contribution in [2.24, 2.45) is 5.92 Å². The number of nitrogens with zero attached hydrogens (tertiary/aromatic N) is 4. The first-order chi connectivity index (χ1) is 15.0. The predicted octanol–water partition coefficient (Wildman–Crippen LogP) is 1.87. The number of ether oxygens (including phenoxy) is 1. The molecule has 31 heavy (non-hydrogen) atoms. The zero-order chi connectivity index (χ0) is 21.8. The van der Waals surface area contributed by atoms with Gasteiger partial charge in [-0.1, -0.05) is 0 Å². The number of amides is 1. The second kappa shape index (κ2) is 9.11. The van der Waals surface area contributed by atoms with Crippen molar-refractivity contribution < 1.29 is 14.3 Å². The van der Waals surface area contributed by atoms with Gasteiger partial charge in [-0.15, -0.1) is 0 Å². The molecule has 1 fully saturated rings. The average Bonchev–Trinajstić information content (AvgIpc) is 3.28. The van der Waals surface area contributed by atoms with Gasteiger partial charge >= 0.3 is 0 Å². The van der Waals surface area contributed by atoms with Gasteiger partial charge in [-0.25, -0.2) is 9.97 Å². The van der Waals surface area contributed by atoms with E-state index in [0.29, 0.717) is 62.2 Å². The molecule has 3 aromatic heterocycles. The number of Topliss-reactive ketones (excluding diaryl/α,β-unsaturated/α-hetero) is 1. The maximum Gasteiger partial charge on any atom is 0.274 e. The Morgan fingerprint density at radius 1 is 1.23 bits per heavy atom. The van der Waals surface area contributed by atoms with Crippen molar-refractivity contribution in [1.29, 1.82) is 0 Å². The van der Waals surface area contributed by atoms with Crippen molar-refractivity contribution in [3.63, 3.8) is 0 Å². The quantitative estimate of drug-likeness (QED) is 0.581. The van der Waals surface area contributed by atoms with Gasteiger partial charge in [0.25, 0.3) is 5.56 Å². The molecule has 162 valence electrons. The van der Waals surface area contributed by atoms with E-state index in [0.717, 1.165) is 5.69 Å². The van der Waals surface area contributed by atoms with E-state index in [1.54, 1.807) is 29.1 Å². The van der Waals surface area contributed by atoms with Crippen LogP contribution in [0.3, 0.4) is 0 Å². The minimum Gasteiger partial charge on any atom is -0.481 e. The molecule has 4 rings (SSSR count). The Kier molecular flexibility index (Phi) is 6.11. The number of carbonyl (C=O) groups excluding carboxylic acids is 2. The molecule has 0 aliphatic carbocycles. The minimum atomic E-state index is -0.180. The van der Waals surface area contributed by atoms with Crippen molar-refractivity contribution in [3.8, 4) is 5.88 Å². The van der Waals surface area contributed by atoms with E-state index < -0.39 is 0 Å². The zero-order valence-electron chi connectivity index (χ0n) is 17.4. The second-order valence-electron chi connectivity index (χ2n) is 7.76. The highest BCUT2D eigenvalue weighted by atomic mass is 16.5. The summed E-state index contributed by atoms with van der Waals surface area (Å²) in [5.41, 5.74) is 1.68. The molecule has 0 unspecified atom stereocenters. The lowest BCUT2D eigenvalue weighted by molar-refractivity contribution is -0.132. The van der Waals surface area contributed by atoms with Crippen LogP contribution in [0.1, 0.15) is 41.7 Å². The number of aryl methyl sites for hydroxylation is 1. The van der Waals surface area contributed by atoms with Gasteiger partial charge in [-0.3, -0.25) is 18.8 Å². The van der Waals surface area contributed by atoms with Gasteiger partial charge < -0.3 is 14.6 Å². The molecule has 0 aromatic carbocycles. The fourth-order valence-electron chi connectivity index (χ4n) is 3.98. The van der Waals surface area contributed by atoms with E-state index in [1.807, 2.05) is 11.1 Å². The number of methoxy groups -OCH3 is 1. The smallest absolute Gasteiger partial charge is 0.274 e. The number of rotatable bonds is 7. The van der Waals surface area contributed by atoms with Crippen LogP contribution in [0.2, 0.25) is 0 Å². The monoisotopic (exact) mass is 423 g/mol. The van der Waals surface area contributed by atoms with E-state index in [9.17, 15) is 14.4 Å². The summed E-state index contributed by atoms with van der Waals surface area (Å²) in [5, 5.41) is 0. The molecule has 1 aliphatic heterocycles. The molecular formula is C22H25N5O4. The molecule has 0 spiro atoms. The second-order valence-corrected chi connectivity index (χ2v) is 7.76. The van der Waals surface area contributed by atoms with E-state index in [-0.39, 0.29) is 23.2 Å². The molecule has 0 saturated carbocycles. The molecule has 9 nitrogen and oxygen atoms in total. The summed E-state index contributed by atoms with van der Waals surface area (Å²) in [7, 11) is 1.54. The summed E-state index contributed by atoms with van der Waals surface area (Å²) in [6.45, 7) is 1.16. The topological polar surface area (TPSA) is 110 Å². The lowest BCUT2D eigenvalue weighted by Crippen LogP contribution is -2.40. The summed E-state index contributed by atoms with van der Waals surface area (Å²) < 4.78 is 6.72. The lowest BCUT2D eigenvalue weighted by Gasteiger charge is -2.31. The number of pyridine rings is 1. The van der Waals surface area contributed by atoms with E-state index in [1.165, 1.54) is 13.3 Å². The van der Waals surface area contributed by atoms with E-state index >= 15 is 0 Å². The molecule has 1 saturated heterocycles. The number of ketones is 1. The first kappa shape index (κ1) is 20.8. The van der Waals surface area contributed by atoms with Gasteiger partial charge in [-0.05, 0) is 31.7 Å². The molecule has 9 heteroatoms. The van der Waals surface area contributed by atoms with Crippen molar-refractivity contribution in [1.82, 2.24) is 24.3 Å². The Hall–Kier alpha value is -3.49. The van der Waals surface area contributed by atoms with Crippen LogP contribution < -0.4 is 10.3 Å². The highest BCUT2D eigenvalue weighted by Crippen LogP contribution is 2.23. The number of carbonyl (C=O) groups is 2. The van der Waals surface area contributed by atoms with Crippen LogP contribution in [-0.2, 0) is 11.2 Å². The van der Waals surface area contributed by atoms with Gasteiger partial charge in [0.2, 0.25) is 11.8 Å². The molecule has 0 radical (unpaired) electrons. The third-order valence-electron chi connectivity index (χ3n) is 5.75. The van der Waals surface area contributed by atoms with Crippen LogP contribution in [0.4, 0.5) is 0 Å². The standard InChI is InChI=1S/C22H25N5O4/c1-31-19-6-5-16(11-24-19)21(29)15-7-9-26(10-8-15)20(28)4-2-3-17-13-27-14-23-12-18(27)22(30)25-17/h5-6,11-15H,2-4,7-10H2,1H3,(H,25,30). The molecule has 1 aliphatic rings. The van der Waals surface area contributed by atoms with Gasteiger partial charge in [0, 0.05) is 55.1 Å².